The minimum atomic E-state index is -4.60. The number of carbonyl (C=O) groups is 1. The molecule has 1 atom stereocenters. The minimum absolute atomic E-state index is 0.0633. The van der Waals surface area contributed by atoms with E-state index in [0.717, 1.165) is 85.8 Å². The highest BCUT2D eigenvalue weighted by molar-refractivity contribution is 6.06. The molecular formula is C39H47F4N7O4. The Bertz CT molecular complexity index is 2010. The highest BCUT2D eigenvalue weighted by Crippen LogP contribution is 2.53. The first-order valence-electron chi connectivity index (χ1n) is 19.0. The molecule has 0 radical (unpaired) electrons. The van der Waals surface area contributed by atoms with Crippen molar-refractivity contribution in [3.05, 3.63) is 35.5 Å². The van der Waals surface area contributed by atoms with E-state index in [4.69, 9.17) is 24.2 Å². The van der Waals surface area contributed by atoms with Crippen LogP contribution >= 0.6 is 0 Å². The number of anilines is 1. The van der Waals surface area contributed by atoms with E-state index in [1.807, 2.05) is 19.1 Å². The van der Waals surface area contributed by atoms with E-state index < -0.39 is 24.9 Å². The maximum Gasteiger partial charge on any atom is 0.422 e. The molecule has 4 aliphatic rings. The van der Waals surface area contributed by atoms with Crippen molar-refractivity contribution >= 4 is 33.5 Å². The van der Waals surface area contributed by atoms with E-state index in [1.165, 1.54) is 6.92 Å². The predicted molar refractivity (Wildman–Crippen MR) is 196 cm³/mol. The second kappa shape index (κ2) is 14.4. The molecule has 11 nitrogen and oxygen atoms in total. The van der Waals surface area contributed by atoms with Gasteiger partial charge < -0.3 is 28.9 Å². The van der Waals surface area contributed by atoms with E-state index in [0.29, 0.717) is 49.6 Å². The largest absolute Gasteiger partial charge is 0.481 e. The summed E-state index contributed by atoms with van der Waals surface area (Å²) in [5.41, 5.74) is 4.08. The molecule has 1 aliphatic carbocycles. The van der Waals surface area contributed by atoms with Crippen molar-refractivity contribution in [2.24, 2.45) is 5.41 Å². The first-order chi connectivity index (χ1) is 25.9. The molecule has 4 aromatic rings. The maximum absolute atomic E-state index is 14.1. The third kappa shape index (κ3) is 7.28. The SMILES string of the molecule is COCCN1CCC(Oc2nc(N3CCC4(CC3)CN(C(=O)C(C)F)C4)c3cc(C4CC4)c(-c4c(C)ccc5[nH]ncc45)c(OCC(F)(F)F)c3n2)CC1. The Morgan fingerprint density at radius 1 is 1.04 bits per heavy atom. The first kappa shape index (κ1) is 36.7. The van der Waals surface area contributed by atoms with Crippen LogP contribution in [0.4, 0.5) is 23.4 Å². The van der Waals surface area contributed by atoms with E-state index in [-0.39, 0.29) is 34.7 Å². The normalized spacial score (nSPS) is 20.1. The molecule has 1 unspecified atom stereocenters. The number of aromatic nitrogens is 4. The fourth-order valence-corrected chi connectivity index (χ4v) is 8.54. The van der Waals surface area contributed by atoms with E-state index in [2.05, 4.69) is 26.1 Å². The second-order valence-electron chi connectivity index (χ2n) is 15.6. The van der Waals surface area contributed by atoms with Crippen molar-refractivity contribution in [2.75, 3.05) is 71.0 Å². The molecule has 1 spiro atoms. The second-order valence-corrected chi connectivity index (χ2v) is 15.6. The molecule has 2 aromatic carbocycles. The fraction of sp³-hybridized carbons (Fsp3) is 0.590. The number of fused-ring (bicyclic) bond motifs is 2. The Morgan fingerprint density at radius 3 is 2.44 bits per heavy atom. The molecule has 8 rings (SSSR count). The van der Waals surface area contributed by atoms with Crippen molar-refractivity contribution in [3.8, 4) is 22.9 Å². The van der Waals surface area contributed by atoms with Gasteiger partial charge in [-0.3, -0.25) is 9.89 Å². The van der Waals surface area contributed by atoms with Crippen molar-refractivity contribution in [1.29, 1.82) is 0 Å². The molecule has 5 heterocycles. The summed E-state index contributed by atoms with van der Waals surface area (Å²) < 4.78 is 73.7. The molecule has 1 N–H and O–H groups in total. The van der Waals surface area contributed by atoms with Crippen LogP contribution in [0.3, 0.4) is 0 Å². The lowest BCUT2D eigenvalue weighted by Crippen LogP contribution is -2.63. The zero-order valence-electron chi connectivity index (χ0n) is 31.0. The number of nitrogens with zero attached hydrogens (tertiary/aromatic N) is 6. The number of alkyl halides is 4. The molecule has 15 heteroatoms. The van der Waals surface area contributed by atoms with Gasteiger partial charge in [0, 0.05) is 74.7 Å². The van der Waals surface area contributed by atoms with Gasteiger partial charge in [-0.05, 0) is 87.1 Å². The number of piperidine rings is 2. The van der Waals surface area contributed by atoms with Gasteiger partial charge in [0.15, 0.2) is 18.5 Å². The van der Waals surface area contributed by atoms with Crippen LogP contribution in [0.1, 0.15) is 62.5 Å². The molecule has 0 bridgehead atoms. The number of amides is 1. The lowest BCUT2D eigenvalue weighted by atomic mass is 9.72. The monoisotopic (exact) mass is 753 g/mol. The van der Waals surface area contributed by atoms with Gasteiger partial charge in [0.05, 0.1) is 18.3 Å². The molecule has 290 valence electrons. The van der Waals surface area contributed by atoms with Gasteiger partial charge in [0.2, 0.25) is 0 Å². The summed E-state index contributed by atoms with van der Waals surface area (Å²) in [4.78, 5) is 28.3. The summed E-state index contributed by atoms with van der Waals surface area (Å²) in [6.45, 7) is 7.04. The van der Waals surface area contributed by atoms with Gasteiger partial charge in [-0.1, -0.05) is 6.07 Å². The topological polar surface area (TPSA) is 109 Å². The molecular weight excluding hydrogens is 706 g/mol. The van der Waals surface area contributed by atoms with Crippen LogP contribution in [-0.4, -0.2) is 120 Å². The number of hydrogen-bond donors (Lipinski definition) is 1. The van der Waals surface area contributed by atoms with Crippen LogP contribution in [0.25, 0.3) is 32.9 Å². The van der Waals surface area contributed by atoms with Crippen LogP contribution in [0.2, 0.25) is 0 Å². The average molecular weight is 754 g/mol. The minimum Gasteiger partial charge on any atom is -0.481 e. The van der Waals surface area contributed by atoms with Gasteiger partial charge in [0.1, 0.15) is 17.4 Å². The van der Waals surface area contributed by atoms with Gasteiger partial charge >= 0.3 is 12.2 Å². The smallest absolute Gasteiger partial charge is 0.422 e. The third-order valence-electron chi connectivity index (χ3n) is 11.7. The highest BCUT2D eigenvalue weighted by atomic mass is 19.4. The number of halogens is 4. The van der Waals surface area contributed by atoms with Crippen molar-refractivity contribution < 1.29 is 36.6 Å². The van der Waals surface area contributed by atoms with E-state index >= 15 is 0 Å². The molecule has 3 saturated heterocycles. The molecule has 1 amide bonds. The molecule has 1 saturated carbocycles. The number of methoxy groups -OCH3 is 1. The predicted octanol–water partition coefficient (Wildman–Crippen LogP) is 6.58. The van der Waals surface area contributed by atoms with Gasteiger partial charge in [-0.25, -0.2) is 4.39 Å². The van der Waals surface area contributed by atoms with Crippen LogP contribution in [0.5, 0.6) is 11.8 Å². The molecule has 2 aromatic heterocycles. The van der Waals surface area contributed by atoms with E-state index in [9.17, 15) is 22.4 Å². The number of benzene rings is 2. The van der Waals surface area contributed by atoms with Crippen molar-refractivity contribution in [2.45, 2.75) is 76.7 Å². The standard InChI is InChI=1S/C39H47F4N7O4/c1-23-4-7-30-29(19-44-47-30)31(23)32-27(25-5-6-25)18-28-33(34(32)53-22-39(41,42)43)45-37(54-26-8-12-48(13-9-26)16-17-52-3)46-35(28)49-14-10-38(11-15-49)20-50(21-38)36(51)24(2)40/h4,7,18-19,24-26H,5-6,8-17,20-22H2,1-3H3,(H,44,47). The number of aromatic amines is 1. The summed E-state index contributed by atoms with van der Waals surface area (Å²) in [5.74, 6) is 0.309. The number of aryl methyl sites for hydroxylation is 1. The fourth-order valence-electron chi connectivity index (χ4n) is 8.54. The van der Waals surface area contributed by atoms with Crippen molar-refractivity contribution in [1.82, 2.24) is 30.0 Å². The number of ether oxygens (including phenoxy) is 3. The molecule has 4 fully saturated rings. The van der Waals surface area contributed by atoms with Crippen LogP contribution in [-0.2, 0) is 9.53 Å². The van der Waals surface area contributed by atoms with Gasteiger partial charge in [0.25, 0.3) is 5.91 Å². The van der Waals surface area contributed by atoms with Crippen molar-refractivity contribution in [3.63, 3.8) is 0 Å². The van der Waals surface area contributed by atoms with Gasteiger partial charge in [-0.15, -0.1) is 0 Å². The average Bonchev–Trinajstić information content (AvgIpc) is 3.87. The van der Waals surface area contributed by atoms with Crippen LogP contribution < -0.4 is 14.4 Å². The summed E-state index contributed by atoms with van der Waals surface area (Å²) in [7, 11) is 1.68. The Balaban J connectivity index is 1.23. The van der Waals surface area contributed by atoms with Gasteiger partial charge in [-0.2, -0.15) is 28.2 Å². The number of nitrogens with one attached hydrogen (secondary N) is 1. The lowest BCUT2D eigenvalue weighted by Gasteiger charge is -2.54. The zero-order valence-corrected chi connectivity index (χ0v) is 31.0. The highest BCUT2D eigenvalue weighted by Gasteiger charge is 2.48. The summed E-state index contributed by atoms with van der Waals surface area (Å²) in [6, 6.07) is 6.02. The summed E-state index contributed by atoms with van der Waals surface area (Å²) in [5, 5.41) is 8.68. The Hall–Kier alpha value is -4.24. The van der Waals surface area contributed by atoms with E-state index in [1.54, 1.807) is 18.2 Å². The molecule has 3 aliphatic heterocycles. The summed E-state index contributed by atoms with van der Waals surface area (Å²) in [6.07, 6.45) is 0.190. The molecule has 54 heavy (non-hydrogen) atoms. The zero-order chi connectivity index (χ0) is 37.8. The number of likely N-dealkylation sites (tertiary alicyclic amines) is 2. The Kier molecular flexibility index (Phi) is 9.82. The number of H-pyrrole nitrogens is 1. The first-order valence-corrected chi connectivity index (χ1v) is 19.0. The number of rotatable bonds is 11. The van der Waals surface area contributed by atoms with Crippen LogP contribution in [0, 0.1) is 12.3 Å². The quantitative estimate of drug-likeness (QED) is 0.170. The lowest BCUT2D eigenvalue weighted by molar-refractivity contribution is -0.153. The Morgan fingerprint density at radius 2 is 1.78 bits per heavy atom. The third-order valence-corrected chi connectivity index (χ3v) is 11.7. The Labute approximate surface area is 311 Å². The summed E-state index contributed by atoms with van der Waals surface area (Å²) >= 11 is 0. The number of hydrogen-bond acceptors (Lipinski definition) is 9. The maximum atomic E-state index is 14.1. The van der Waals surface area contributed by atoms with Crippen LogP contribution in [0.15, 0.2) is 24.4 Å². The number of carbonyl (C=O) groups excluding carboxylic acids is 1.